The highest BCUT2D eigenvalue weighted by atomic mass is 19.1. The van der Waals surface area contributed by atoms with Crippen LogP contribution < -0.4 is 5.32 Å². The average molecular weight is 284 g/mol. The van der Waals surface area contributed by atoms with E-state index < -0.39 is 11.6 Å². The van der Waals surface area contributed by atoms with Gasteiger partial charge in [0.1, 0.15) is 17.3 Å². The number of nitrogens with zero attached hydrogens (tertiary/aromatic N) is 1. The van der Waals surface area contributed by atoms with Gasteiger partial charge in [-0.15, -0.1) is 0 Å². The summed E-state index contributed by atoms with van der Waals surface area (Å²) in [6.45, 7) is 7.27. The summed E-state index contributed by atoms with van der Waals surface area (Å²) in [6.07, 6.45) is 1.62. The molecule has 0 saturated heterocycles. The molecule has 1 rings (SSSR count). The molecule has 0 unspecified atom stereocenters. The van der Waals surface area contributed by atoms with Gasteiger partial charge in [0.2, 0.25) is 0 Å². The molecular weight excluding hydrogens is 262 g/mol. The molecule has 1 amide bonds. The average Bonchev–Trinajstić information content (AvgIpc) is 2.41. The van der Waals surface area contributed by atoms with Crippen molar-refractivity contribution in [2.45, 2.75) is 33.6 Å². The number of rotatable bonds is 7. The van der Waals surface area contributed by atoms with Crippen LogP contribution in [0.5, 0.6) is 0 Å². The molecule has 112 valence electrons. The normalized spacial score (nSPS) is 10.4. The van der Waals surface area contributed by atoms with Gasteiger partial charge in [0.05, 0.1) is 0 Å². The fourth-order valence-corrected chi connectivity index (χ4v) is 2.08. The van der Waals surface area contributed by atoms with E-state index in [1.807, 2.05) is 13.8 Å². The van der Waals surface area contributed by atoms with Crippen molar-refractivity contribution in [2.75, 3.05) is 25.0 Å². The van der Waals surface area contributed by atoms with Crippen LogP contribution >= 0.6 is 0 Å². The largest absolute Gasteiger partial charge is 0.381 e. The number of anilines is 1. The molecule has 0 fully saturated rings. The standard InChI is InChI=1S/C15H22F2N2O/c1-4-7-19(8-5-2)15(20)11-9-12(16)14(18-6-3)13(17)10-11/h9-10,18H,4-8H2,1-3H3. The second-order valence-electron chi connectivity index (χ2n) is 4.64. The van der Waals surface area contributed by atoms with Gasteiger partial charge in [0.25, 0.3) is 5.91 Å². The maximum absolute atomic E-state index is 13.8. The molecule has 5 heteroatoms. The minimum atomic E-state index is -0.733. The Morgan fingerprint density at radius 1 is 1.10 bits per heavy atom. The molecule has 0 bridgehead atoms. The second kappa shape index (κ2) is 7.82. The zero-order chi connectivity index (χ0) is 15.1. The van der Waals surface area contributed by atoms with Crippen LogP contribution in [0, 0.1) is 11.6 Å². The highest BCUT2D eigenvalue weighted by molar-refractivity contribution is 5.94. The lowest BCUT2D eigenvalue weighted by atomic mass is 10.1. The minimum absolute atomic E-state index is 0.0588. The van der Waals surface area contributed by atoms with Crippen molar-refractivity contribution in [2.24, 2.45) is 0 Å². The Hall–Kier alpha value is -1.65. The Balaban J connectivity index is 3.03. The van der Waals surface area contributed by atoms with Crippen molar-refractivity contribution in [3.8, 4) is 0 Å². The van der Waals surface area contributed by atoms with Gasteiger partial charge in [0.15, 0.2) is 0 Å². The molecule has 0 aliphatic rings. The quantitative estimate of drug-likeness (QED) is 0.828. The number of carbonyl (C=O) groups is 1. The first-order valence-electron chi connectivity index (χ1n) is 7.07. The molecule has 0 spiro atoms. The minimum Gasteiger partial charge on any atom is -0.381 e. The third-order valence-corrected chi connectivity index (χ3v) is 2.92. The lowest BCUT2D eigenvalue weighted by Gasteiger charge is -2.22. The molecule has 0 heterocycles. The predicted molar refractivity (Wildman–Crippen MR) is 77.0 cm³/mol. The van der Waals surface area contributed by atoms with E-state index >= 15 is 0 Å². The van der Waals surface area contributed by atoms with Gasteiger partial charge in [-0.1, -0.05) is 13.8 Å². The smallest absolute Gasteiger partial charge is 0.254 e. The molecule has 0 aliphatic carbocycles. The summed E-state index contributed by atoms with van der Waals surface area (Å²) < 4.78 is 27.6. The number of halogens is 2. The van der Waals surface area contributed by atoms with E-state index in [2.05, 4.69) is 5.32 Å². The van der Waals surface area contributed by atoms with E-state index in [4.69, 9.17) is 0 Å². The Morgan fingerprint density at radius 2 is 1.60 bits per heavy atom. The third kappa shape index (κ3) is 3.92. The molecule has 20 heavy (non-hydrogen) atoms. The summed E-state index contributed by atoms with van der Waals surface area (Å²) in [6, 6.07) is 2.20. The fourth-order valence-electron chi connectivity index (χ4n) is 2.08. The third-order valence-electron chi connectivity index (χ3n) is 2.92. The number of amides is 1. The van der Waals surface area contributed by atoms with Crippen LogP contribution in [-0.4, -0.2) is 30.4 Å². The number of carbonyl (C=O) groups excluding carboxylic acids is 1. The van der Waals surface area contributed by atoms with Crippen molar-refractivity contribution < 1.29 is 13.6 Å². The Morgan fingerprint density at radius 3 is 2.00 bits per heavy atom. The van der Waals surface area contributed by atoms with E-state index in [1.165, 1.54) is 0 Å². The summed E-state index contributed by atoms with van der Waals surface area (Å²) in [5.41, 5.74) is -0.120. The van der Waals surface area contributed by atoms with Crippen LogP contribution in [-0.2, 0) is 0 Å². The molecule has 0 saturated carbocycles. The summed E-state index contributed by atoms with van der Waals surface area (Å²) in [5.74, 6) is -1.79. The maximum atomic E-state index is 13.8. The van der Waals surface area contributed by atoms with Crippen LogP contribution in [0.25, 0.3) is 0 Å². The topological polar surface area (TPSA) is 32.3 Å². The van der Waals surface area contributed by atoms with Gasteiger partial charge >= 0.3 is 0 Å². The van der Waals surface area contributed by atoms with Gasteiger partial charge in [0, 0.05) is 25.2 Å². The molecule has 1 N–H and O–H groups in total. The van der Waals surface area contributed by atoms with Crippen LogP contribution in [0.2, 0.25) is 0 Å². The summed E-state index contributed by atoms with van der Waals surface area (Å²) in [4.78, 5) is 13.9. The van der Waals surface area contributed by atoms with E-state index in [-0.39, 0.29) is 17.2 Å². The van der Waals surface area contributed by atoms with Crippen molar-refractivity contribution in [1.82, 2.24) is 4.90 Å². The highest BCUT2D eigenvalue weighted by Gasteiger charge is 2.18. The van der Waals surface area contributed by atoms with Crippen LogP contribution in [0.15, 0.2) is 12.1 Å². The van der Waals surface area contributed by atoms with Gasteiger partial charge in [-0.25, -0.2) is 8.78 Å². The van der Waals surface area contributed by atoms with Crippen molar-refractivity contribution >= 4 is 11.6 Å². The van der Waals surface area contributed by atoms with Gasteiger partial charge in [-0.3, -0.25) is 4.79 Å². The van der Waals surface area contributed by atoms with Crippen LogP contribution in [0.4, 0.5) is 14.5 Å². The number of hydrogen-bond acceptors (Lipinski definition) is 2. The molecular formula is C15H22F2N2O. The number of nitrogens with one attached hydrogen (secondary N) is 1. The summed E-state index contributed by atoms with van der Waals surface area (Å²) >= 11 is 0. The first-order chi connectivity index (χ1) is 9.54. The molecule has 0 aromatic heterocycles. The monoisotopic (exact) mass is 284 g/mol. The zero-order valence-electron chi connectivity index (χ0n) is 12.3. The number of hydrogen-bond donors (Lipinski definition) is 1. The van der Waals surface area contributed by atoms with E-state index in [9.17, 15) is 13.6 Å². The molecule has 1 aromatic rings. The summed E-state index contributed by atoms with van der Waals surface area (Å²) in [7, 11) is 0. The van der Waals surface area contributed by atoms with Crippen molar-refractivity contribution in [1.29, 1.82) is 0 Å². The molecule has 1 aromatic carbocycles. The van der Waals surface area contributed by atoms with Gasteiger partial charge in [-0.2, -0.15) is 0 Å². The van der Waals surface area contributed by atoms with Crippen LogP contribution in [0.1, 0.15) is 44.0 Å². The predicted octanol–water partition coefficient (Wildman–Crippen LogP) is 3.66. The molecule has 0 aliphatic heterocycles. The van der Waals surface area contributed by atoms with Gasteiger partial charge < -0.3 is 10.2 Å². The molecule has 0 radical (unpaired) electrons. The first-order valence-corrected chi connectivity index (χ1v) is 7.07. The van der Waals surface area contributed by atoms with Crippen molar-refractivity contribution in [3.63, 3.8) is 0 Å². The van der Waals surface area contributed by atoms with Gasteiger partial charge in [-0.05, 0) is 31.9 Å². The lowest BCUT2D eigenvalue weighted by molar-refractivity contribution is 0.0754. The Bertz CT molecular complexity index is 434. The number of benzene rings is 1. The molecule has 0 atom stereocenters. The highest BCUT2D eigenvalue weighted by Crippen LogP contribution is 2.21. The van der Waals surface area contributed by atoms with E-state index in [1.54, 1.807) is 11.8 Å². The Kier molecular flexibility index (Phi) is 6.42. The van der Waals surface area contributed by atoms with Crippen molar-refractivity contribution in [3.05, 3.63) is 29.3 Å². The first kappa shape index (κ1) is 16.4. The maximum Gasteiger partial charge on any atom is 0.254 e. The summed E-state index contributed by atoms with van der Waals surface area (Å²) in [5, 5.41) is 2.61. The molecule has 3 nitrogen and oxygen atoms in total. The van der Waals surface area contributed by atoms with E-state index in [0.29, 0.717) is 19.6 Å². The van der Waals surface area contributed by atoms with Crippen LogP contribution in [0.3, 0.4) is 0 Å². The lowest BCUT2D eigenvalue weighted by Crippen LogP contribution is -2.32. The van der Waals surface area contributed by atoms with E-state index in [0.717, 1.165) is 25.0 Å². The SMILES string of the molecule is CCCN(CCC)C(=O)c1cc(F)c(NCC)c(F)c1. The second-order valence-corrected chi connectivity index (χ2v) is 4.64. The fraction of sp³-hybridized carbons (Fsp3) is 0.533. The Labute approximate surface area is 119 Å². The zero-order valence-corrected chi connectivity index (χ0v) is 12.3.